The highest BCUT2D eigenvalue weighted by Crippen LogP contribution is 2.20. The molecule has 5 nitrogen and oxygen atoms in total. The first-order valence-electron chi connectivity index (χ1n) is 6.04. The van der Waals surface area contributed by atoms with Gasteiger partial charge in [-0.3, -0.25) is 5.32 Å². The van der Waals surface area contributed by atoms with Gasteiger partial charge in [0.2, 0.25) is 0 Å². The number of aliphatic hydroxyl groups is 1. The average Bonchev–Trinajstić information content (AvgIpc) is 2.56. The number of hydrogen-bond acceptors (Lipinski definition) is 4. The minimum atomic E-state index is -0.316. The summed E-state index contributed by atoms with van der Waals surface area (Å²) in [7, 11) is 0. The lowest BCUT2D eigenvalue weighted by Crippen LogP contribution is -2.40. The van der Waals surface area contributed by atoms with Crippen LogP contribution in [0.5, 0.6) is 0 Å². The maximum Gasteiger partial charge on any atom is 0.321 e. The number of amides is 2. The average molecular weight is 271 g/mol. The van der Waals surface area contributed by atoms with Gasteiger partial charge in [0.1, 0.15) is 0 Å². The fourth-order valence-corrected chi connectivity index (χ4v) is 2.40. The molecule has 0 radical (unpaired) electrons. The molecule has 0 bridgehead atoms. The highest BCUT2D eigenvalue weighted by molar-refractivity contribution is 7.15. The Morgan fingerprint density at radius 1 is 1.44 bits per heavy atom. The van der Waals surface area contributed by atoms with Crippen molar-refractivity contribution >= 4 is 22.5 Å². The van der Waals surface area contributed by atoms with Gasteiger partial charge in [-0.25, -0.2) is 9.78 Å². The summed E-state index contributed by atoms with van der Waals surface area (Å²) in [4.78, 5) is 17.0. The van der Waals surface area contributed by atoms with Crippen molar-refractivity contribution in [1.82, 2.24) is 10.3 Å². The first-order valence-corrected chi connectivity index (χ1v) is 6.86. The fraction of sp³-hybridized carbons (Fsp3) is 0.667. The summed E-state index contributed by atoms with van der Waals surface area (Å²) in [5.41, 5.74) is 0.927. The Labute approximate surface area is 112 Å². The summed E-state index contributed by atoms with van der Waals surface area (Å²) in [6.07, 6.45) is 0.750. The van der Waals surface area contributed by atoms with E-state index < -0.39 is 0 Å². The van der Waals surface area contributed by atoms with E-state index in [1.54, 1.807) is 0 Å². The van der Waals surface area contributed by atoms with Crippen LogP contribution < -0.4 is 10.6 Å². The number of nitrogens with zero attached hydrogens (tertiary/aromatic N) is 1. The number of carbonyl (C=O) groups is 1. The van der Waals surface area contributed by atoms with Crippen molar-refractivity contribution in [2.24, 2.45) is 5.92 Å². The summed E-state index contributed by atoms with van der Waals surface area (Å²) in [5, 5.41) is 15.2. The number of thiazole rings is 1. The summed E-state index contributed by atoms with van der Waals surface area (Å²) < 4.78 is 0. The number of nitrogens with one attached hydrogen (secondary N) is 2. The molecule has 0 spiro atoms. The van der Waals surface area contributed by atoms with Crippen molar-refractivity contribution in [2.75, 3.05) is 11.9 Å². The highest BCUT2D eigenvalue weighted by atomic mass is 32.1. The Balaban J connectivity index is 2.50. The van der Waals surface area contributed by atoms with E-state index in [0.717, 1.165) is 17.0 Å². The number of aromatic nitrogens is 1. The molecule has 1 heterocycles. The second-order valence-electron chi connectivity index (χ2n) is 4.77. The van der Waals surface area contributed by atoms with Gasteiger partial charge in [-0.05, 0) is 26.2 Å². The summed E-state index contributed by atoms with van der Waals surface area (Å²) in [6, 6.07) is -0.532. The number of aliphatic hydroxyl groups excluding tert-OH is 1. The maximum atomic E-state index is 11.7. The van der Waals surface area contributed by atoms with E-state index in [-0.39, 0.29) is 18.7 Å². The number of aryl methyl sites for hydroxylation is 2. The lowest BCUT2D eigenvalue weighted by Gasteiger charge is -2.17. The quantitative estimate of drug-likeness (QED) is 0.769. The van der Waals surface area contributed by atoms with Gasteiger partial charge >= 0.3 is 6.03 Å². The molecule has 0 saturated carbocycles. The number of urea groups is 1. The molecule has 1 aromatic rings. The van der Waals surface area contributed by atoms with Gasteiger partial charge < -0.3 is 10.4 Å². The molecule has 2 amide bonds. The lowest BCUT2D eigenvalue weighted by atomic mass is 10.0. The molecule has 0 aromatic carbocycles. The normalized spacial score (nSPS) is 12.6. The third-order valence-electron chi connectivity index (χ3n) is 2.56. The maximum absolute atomic E-state index is 11.7. The van der Waals surface area contributed by atoms with E-state index in [1.807, 2.05) is 13.8 Å². The SMILES string of the molecule is Cc1nc(NC(=O)NC(CO)CC(C)C)sc1C. The second kappa shape index (κ2) is 6.70. The topological polar surface area (TPSA) is 74.2 Å². The molecule has 1 aromatic heterocycles. The van der Waals surface area contributed by atoms with Crippen molar-refractivity contribution in [2.45, 2.75) is 40.2 Å². The summed E-state index contributed by atoms with van der Waals surface area (Å²) in [5.74, 6) is 0.423. The molecule has 0 aliphatic carbocycles. The van der Waals surface area contributed by atoms with Crippen molar-refractivity contribution in [3.8, 4) is 0 Å². The molecule has 0 aliphatic heterocycles. The van der Waals surface area contributed by atoms with E-state index >= 15 is 0 Å². The number of carbonyl (C=O) groups excluding carboxylic acids is 1. The van der Waals surface area contributed by atoms with Crippen LogP contribution in [-0.2, 0) is 0 Å². The Bertz CT molecular complexity index is 385. The van der Waals surface area contributed by atoms with Gasteiger partial charge in [-0.1, -0.05) is 13.8 Å². The van der Waals surface area contributed by atoms with Crippen LogP contribution in [0.1, 0.15) is 30.8 Å². The zero-order valence-corrected chi connectivity index (χ0v) is 12.1. The van der Waals surface area contributed by atoms with Crippen molar-refractivity contribution < 1.29 is 9.90 Å². The summed E-state index contributed by atoms with van der Waals surface area (Å²) in [6.45, 7) is 7.92. The minimum Gasteiger partial charge on any atom is -0.394 e. The molecule has 0 fully saturated rings. The Kier molecular flexibility index (Phi) is 5.55. The zero-order valence-electron chi connectivity index (χ0n) is 11.3. The van der Waals surface area contributed by atoms with Crippen LogP contribution in [0.25, 0.3) is 0 Å². The Morgan fingerprint density at radius 3 is 2.56 bits per heavy atom. The first kappa shape index (κ1) is 14.9. The molecular formula is C12H21N3O2S. The Hall–Kier alpha value is -1.14. The molecule has 3 N–H and O–H groups in total. The van der Waals surface area contributed by atoms with Gasteiger partial charge in [-0.2, -0.15) is 0 Å². The van der Waals surface area contributed by atoms with Gasteiger partial charge in [0.05, 0.1) is 18.3 Å². The predicted molar refractivity (Wildman–Crippen MR) is 74.1 cm³/mol. The van der Waals surface area contributed by atoms with Gasteiger partial charge in [0, 0.05) is 4.88 Å². The molecule has 0 aliphatic rings. The molecule has 6 heteroatoms. The molecule has 1 unspecified atom stereocenters. The predicted octanol–water partition coefficient (Wildman–Crippen LogP) is 2.29. The van der Waals surface area contributed by atoms with Crippen LogP contribution in [-0.4, -0.2) is 28.8 Å². The van der Waals surface area contributed by atoms with Crippen molar-refractivity contribution in [3.05, 3.63) is 10.6 Å². The zero-order chi connectivity index (χ0) is 13.7. The molecule has 1 rings (SSSR count). The van der Waals surface area contributed by atoms with Crippen LogP contribution in [0.2, 0.25) is 0 Å². The monoisotopic (exact) mass is 271 g/mol. The van der Waals surface area contributed by atoms with Gasteiger partial charge in [0.15, 0.2) is 5.13 Å². The minimum absolute atomic E-state index is 0.0540. The number of rotatable bonds is 5. The largest absolute Gasteiger partial charge is 0.394 e. The van der Waals surface area contributed by atoms with E-state index in [0.29, 0.717) is 11.0 Å². The second-order valence-corrected chi connectivity index (χ2v) is 5.97. The molecule has 102 valence electrons. The fourth-order valence-electron chi connectivity index (χ4n) is 1.59. The first-order chi connectivity index (χ1) is 8.42. The number of hydrogen-bond donors (Lipinski definition) is 3. The number of anilines is 1. The third kappa shape index (κ3) is 4.62. The van der Waals surface area contributed by atoms with Crippen LogP contribution in [0, 0.1) is 19.8 Å². The van der Waals surface area contributed by atoms with Crippen molar-refractivity contribution in [1.29, 1.82) is 0 Å². The van der Waals surface area contributed by atoms with Crippen LogP contribution in [0.4, 0.5) is 9.93 Å². The third-order valence-corrected chi connectivity index (χ3v) is 3.55. The van der Waals surface area contributed by atoms with Crippen molar-refractivity contribution in [3.63, 3.8) is 0 Å². The van der Waals surface area contributed by atoms with Crippen LogP contribution in [0.3, 0.4) is 0 Å². The molecular weight excluding hydrogens is 250 g/mol. The van der Waals surface area contributed by atoms with Gasteiger partial charge in [-0.15, -0.1) is 11.3 Å². The smallest absolute Gasteiger partial charge is 0.321 e. The standard InChI is InChI=1S/C12H21N3O2S/c1-7(2)5-10(6-16)14-11(17)15-12-13-8(3)9(4)18-12/h7,10,16H,5-6H2,1-4H3,(H2,13,14,15,17). The highest BCUT2D eigenvalue weighted by Gasteiger charge is 2.14. The van der Waals surface area contributed by atoms with Gasteiger partial charge in [0.25, 0.3) is 0 Å². The lowest BCUT2D eigenvalue weighted by molar-refractivity contribution is 0.214. The van der Waals surface area contributed by atoms with E-state index in [9.17, 15) is 9.90 Å². The molecule has 0 saturated heterocycles. The van der Waals surface area contributed by atoms with E-state index in [4.69, 9.17) is 0 Å². The molecule has 1 atom stereocenters. The van der Waals surface area contributed by atoms with Crippen LogP contribution in [0.15, 0.2) is 0 Å². The molecule has 18 heavy (non-hydrogen) atoms. The van der Waals surface area contributed by atoms with Crippen LogP contribution >= 0.6 is 11.3 Å². The Morgan fingerprint density at radius 2 is 2.11 bits per heavy atom. The van der Waals surface area contributed by atoms with E-state index in [2.05, 4.69) is 29.5 Å². The summed E-state index contributed by atoms with van der Waals surface area (Å²) >= 11 is 1.45. The van der Waals surface area contributed by atoms with E-state index in [1.165, 1.54) is 11.3 Å².